The van der Waals surface area contributed by atoms with Crippen LogP contribution in [0, 0.1) is 5.92 Å². The molecule has 1 aliphatic heterocycles. The third-order valence-corrected chi connectivity index (χ3v) is 5.63. The molecule has 0 bridgehead atoms. The maximum absolute atomic E-state index is 12.0. The van der Waals surface area contributed by atoms with Crippen molar-refractivity contribution in [3.8, 4) is 0 Å². The van der Waals surface area contributed by atoms with Crippen molar-refractivity contribution in [3.63, 3.8) is 0 Å². The fourth-order valence-electron chi connectivity index (χ4n) is 2.29. The van der Waals surface area contributed by atoms with Gasteiger partial charge in [-0.2, -0.15) is 17.0 Å². The molecule has 5 nitrogen and oxygen atoms in total. The normalized spacial score (nSPS) is 21.2. The maximum Gasteiger partial charge on any atom is 0.281 e. The van der Waals surface area contributed by atoms with Gasteiger partial charge in [0.15, 0.2) is 0 Å². The Balaban J connectivity index is 2.02. The van der Waals surface area contributed by atoms with Crippen LogP contribution in [0.25, 0.3) is 0 Å². The molecular formula is C12H18ClN3O2S. The highest BCUT2D eigenvalue weighted by Gasteiger charge is 2.32. The smallest absolute Gasteiger partial charge is 0.244 e. The van der Waals surface area contributed by atoms with Gasteiger partial charge >= 0.3 is 0 Å². The monoisotopic (exact) mass is 303 g/mol. The van der Waals surface area contributed by atoms with E-state index in [4.69, 9.17) is 11.6 Å². The average Bonchev–Trinajstić information content (AvgIpc) is 2.81. The van der Waals surface area contributed by atoms with Crippen molar-refractivity contribution in [3.05, 3.63) is 29.0 Å². The molecule has 0 N–H and O–H groups in total. The van der Waals surface area contributed by atoms with Gasteiger partial charge in [0.25, 0.3) is 10.2 Å². The van der Waals surface area contributed by atoms with E-state index >= 15 is 0 Å². The molecule has 0 spiro atoms. The Kier molecular flexibility index (Phi) is 4.45. The Morgan fingerprint density at radius 2 is 2.26 bits per heavy atom. The van der Waals surface area contributed by atoms with Crippen molar-refractivity contribution in [2.24, 2.45) is 5.92 Å². The van der Waals surface area contributed by atoms with Gasteiger partial charge < -0.3 is 0 Å². The van der Waals surface area contributed by atoms with Crippen molar-refractivity contribution in [2.75, 3.05) is 27.2 Å². The molecule has 0 aromatic carbocycles. The van der Waals surface area contributed by atoms with E-state index in [-0.39, 0.29) is 0 Å². The van der Waals surface area contributed by atoms with Crippen LogP contribution in [0.1, 0.15) is 12.0 Å². The van der Waals surface area contributed by atoms with E-state index < -0.39 is 10.2 Å². The van der Waals surface area contributed by atoms with Crippen LogP contribution in [0.15, 0.2) is 18.3 Å². The zero-order valence-electron chi connectivity index (χ0n) is 11.1. The predicted octanol–water partition coefficient (Wildman–Crippen LogP) is 1.41. The SMILES string of the molecule is CN(C)S(=O)(=O)N1CCC(Cc2cccnc2Cl)C1. The lowest BCUT2D eigenvalue weighted by Crippen LogP contribution is -2.38. The minimum Gasteiger partial charge on any atom is -0.244 e. The van der Waals surface area contributed by atoms with Crippen molar-refractivity contribution < 1.29 is 8.42 Å². The van der Waals surface area contributed by atoms with Crippen LogP contribution in [0.3, 0.4) is 0 Å². The molecule has 1 aromatic rings. The maximum atomic E-state index is 12.0. The summed E-state index contributed by atoms with van der Waals surface area (Å²) in [4.78, 5) is 4.04. The molecule has 1 fully saturated rings. The van der Waals surface area contributed by atoms with Gasteiger partial charge in [0.05, 0.1) is 0 Å². The summed E-state index contributed by atoms with van der Waals surface area (Å²) in [6.07, 6.45) is 3.29. The molecule has 106 valence electrons. The molecule has 0 radical (unpaired) electrons. The molecule has 2 rings (SSSR count). The van der Waals surface area contributed by atoms with E-state index in [0.717, 1.165) is 18.4 Å². The second-order valence-electron chi connectivity index (χ2n) is 4.96. The molecule has 1 aliphatic rings. The minimum absolute atomic E-state index is 0.302. The lowest BCUT2D eigenvalue weighted by molar-refractivity contribution is 0.409. The van der Waals surface area contributed by atoms with Gasteiger partial charge in [-0.05, 0) is 30.4 Å². The van der Waals surface area contributed by atoms with Crippen molar-refractivity contribution in [1.82, 2.24) is 13.6 Å². The molecule has 1 atom stereocenters. The summed E-state index contributed by atoms with van der Waals surface area (Å²) in [5, 5.41) is 0.511. The summed E-state index contributed by atoms with van der Waals surface area (Å²) in [6.45, 7) is 1.12. The summed E-state index contributed by atoms with van der Waals surface area (Å²) >= 11 is 6.03. The van der Waals surface area contributed by atoms with E-state index in [1.54, 1.807) is 20.3 Å². The number of nitrogens with zero attached hydrogens (tertiary/aromatic N) is 3. The molecule has 1 aromatic heterocycles. The first-order valence-electron chi connectivity index (χ1n) is 6.18. The summed E-state index contributed by atoms with van der Waals surface area (Å²) in [6, 6.07) is 3.79. The average molecular weight is 304 g/mol. The second-order valence-corrected chi connectivity index (χ2v) is 7.46. The minimum atomic E-state index is -3.29. The summed E-state index contributed by atoms with van der Waals surface area (Å²) in [5.41, 5.74) is 0.985. The van der Waals surface area contributed by atoms with Gasteiger partial charge in [-0.3, -0.25) is 0 Å². The van der Waals surface area contributed by atoms with E-state index in [9.17, 15) is 8.42 Å². The van der Waals surface area contributed by atoms with Crippen molar-refractivity contribution in [2.45, 2.75) is 12.8 Å². The molecule has 0 aliphatic carbocycles. The van der Waals surface area contributed by atoms with Gasteiger partial charge in [-0.1, -0.05) is 17.7 Å². The van der Waals surface area contributed by atoms with Crippen LogP contribution >= 0.6 is 11.6 Å². The highest BCUT2D eigenvalue weighted by Crippen LogP contribution is 2.25. The van der Waals surface area contributed by atoms with Crippen LogP contribution in [-0.4, -0.2) is 49.2 Å². The molecule has 7 heteroatoms. The van der Waals surface area contributed by atoms with Gasteiger partial charge in [0, 0.05) is 33.4 Å². The van der Waals surface area contributed by atoms with Crippen LogP contribution in [-0.2, 0) is 16.6 Å². The summed E-state index contributed by atoms with van der Waals surface area (Å²) < 4.78 is 26.8. The van der Waals surface area contributed by atoms with E-state index in [2.05, 4.69) is 4.98 Å². The first-order valence-corrected chi connectivity index (χ1v) is 7.95. The zero-order chi connectivity index (χ0) is 14.0. The highest BCUT2D eigenvalue weighted by molar-refractivity contribution is 7.86. The van der Waals surface area contributed by atoms with Gasteiger partial charge in [-0.15, -0.1) is 0 Å². The van der Waals surface area contributed by atoms with Crippen LogP contribution < -0.4 is 0 Å². The number of hydrogen-bond acceptors (Lipinski definition) is 3. The lowest BCUT2D eigenvalue weighted by atomic mass is 10.0. The Morgan fingerprint density at radius 1 is 1.53 bits per heavy atom. The second kappa shape index (κ2) is 5.75. The third-order valence-electron chi connectivity index (χ3n) is 3.38. The molecule has 19 heavy (non-hydrogen) atoms. The summed E-state index contributed by atoms with van der Waals surface area (Å²) in [5.74, 6) is 0.302. The van der Waals surface area contributed by atoms with E-state index in [1.165, 1.54) is 8.61 Å². The first-order chi connectivity index (χ1) is 8.91. The number of rotatable bonds is 4. The fraction of sp³-hybridized carbons (Fsp3) is 0.583. The van der Waals surface area contributed by atoms with Crippen LogP contribution in [0.2, 0.25) is 5.15 Å². The van der Waals surface area contributed by atoms with Gasteiger partial charge in [0.1, 0.15) is 5.15 Å². The number of pyridine rings is 1. The summed E-state index contributed by atoms with van der Waals surface area (Å²) in [7, 11) is -0.181. The number of hydrogen-bond donors (Lipinski definition) is 0. The molecule has 1 saturated heterocycles. The Hall–Kier alpha value is -0.690. The van der Waals surface area contributed by atoms with Crippen molar-refractivity contribution in [1.29, 1.82) is 0 Å². The van der Waals surface area contributed by atoms with Crippen LogP contribution in [0.4, 0.5) is 0 Å². The van der Waals surface area contributed by atoms with Crippen LogP contribution in [0.5, 0.6) is 0 Å². The lowest BCUT2D eigenvalue weighted by Gasteiger charge is -2.20. The third kappa shape index (κ3) is 3.25. The van der Waals surface area contributed by atoms with Gasteiger partial charge in [0.2, 0.25) is 0 Å². The fourth-order valence-corrected chi connectivity index (χ4v) is 3.68. The molecule has 0 amide bonds. The van der Waals surface area contributed by atoms with E-state index in [0.29, 0.717) is 24.2 Å². The molecule has 0 saturated carbocycles. The molecule has 1 unspecified atom stereocenters. The quantitative estimate of drug-likeness (QED) is 0.790. The first kappa shape index (κ1) is 14.7. The highest BCUT2D eigenvalue weighted by atomic mass is 35.5. The molecule has 2 heterocycles. The number of halogens is 1. The Labute approximate surface area is 119 Å². The van der Waals surface area contributed by atoms with Gasteiger partial charge in [-0.25, -0.2) is 4.98 Å². The predicted molar refractivity (Wildman–Crippen MR) is 75.2 cm³/mol. The van der Waals surface area contributed by atoms with Crippen molar-refractivity contribution >= 4 is 21.8 Å². The Bertz CT molecular complexity index is 548. The largest absolute Gasteiger partial charge is 0.281 e. The molecular weight excluding hydrogens is 286 g/mol. The van der Waals surface area contributed by atoms with E-state index in [1.807, 2.05) is 12.1 Å². The topological polar surface area (TPSA) is 53.5 Å². The standard InChI is InChI=1S/C12H18ClN3O2S/c1-15(2)19(17,18)16-7-5-10(9-16)8-11-4-3-6-14-12(11)13/h3-4,6,10H,5,7-9H2,1-2H3. The number of aromatic nitrogens is 1. The Morgan fingerprint density at radius 3 is 2.89 bits per heavy atom. The zero-order valence-corrected chi connectivity index (χ0v) is 12.7.